The van der Waals surface area contributed by atoms with Gasteiger partial charge in [-0.05, 0) is 55.7 Å². The maximum absolute atomic E-state index is 12.6. The van der Waals surface area contributed by atoms with Gasteiger partial charge in [-0.25, -0.2) is 0 Å². The van der Waals surface area contributed by atoms with Crippen molar-refractivity contribution >= 4 is 23.2 Å². The standard InChI is InChI=1S/C22H26N4O3/c27-21(24-18-4-6-19(7-5-18)25-10-2-1-3-11-25)20-16-17(8-9-23-20)22(28)26-12-14-29-15-13-26/h4-9,16H,1-3,10-15H2,(H,24,27). The Morgan fingerprint density at radius 3 is 2.38 bits per heavy atom. The summed E-state index contributed by atoms with van der Waals surface area (Å²) in [6.07, 6.45) is 5.25. The normalized spacial score (nSPS) is 17.1. The van der Waals surface area contributed by atoms with Crippen molar-refractivity contribution in [3.63, 3.8) is 0 Å². The Balaban J connectivity index is 1.41. The van der Waals surface area contributed by atoms with Gasteiger partial charge in [0.25, 0.3) is 11.8 Å². The summed E-state index contributed by atoms with van der Waals surface area (Å²) in [5.74, 6) is -0.428. The minimum Gasteiger partial charge on any atom is -0.378 e. The van der Waals surface area contributed by atoms with Gasteiger partial charge < -0.3 is 19.9 Å². The molecule has 2 amide bonds. The highest BCUT2D eigenvalue weighted by Gasteiger charge is 2.20. The van der Waals surface area contributed by atoms with E-state index in [1.807, 2.05) is 24.3 Å². The molecule has 3 heterocycles. The zero-order chi connectivity index (χ0) is 20.1. The van der Waals surface area contributed by atoms with Gasteiger partial charge in [-0.1, -0.05) is 0 Å². The molecule has 0 unspecified atom stereocenters. The van der Waals surface area contributed by atoms with Crippen LogP contribution in [0.2, 0.25) is 0 Å². The summed E-state index contributed by atoms with van der Waals surface area (Å²) in [7, 11) is 0. The van der Waals surface area contributed by atoms with Gasteiger partial charge in [0.2, 0.25) is 0 Å². The maximum Gasteiger partial charge on any atom is 0.274 e. The van der Waals surface area contributed by atoms with E-state index in [9.17, 15) is 9.59 Å². The molecule has 4 rings (SSSR count). The van der Waals surface area contributed by atoms with E-state index < -0.39 is 0 Å². The fourth-order valence-electron chi connectivity index (χ4n) is 3.74. The number of pyridine rings is 1. The molecule has 2 aromatic rings. The van der Waals surface area contributed by atoms with Gasteiger partial charge in [0.15, 0.2) is 0 Å². The van der Waals surface area contributed by atoms with E-state index in [4.69, 9.17) is 4.74 Å². The lowest BCUT2D eigenvalue weighted by Crippen LogP contribution is -2.40. The summed E-state index contributed by atoms with van der Waals surface area (Å²) in [5.41, 5.74) is 2.58. The predicted molar refractivity (Wildman–Crippen MR) is 111 cm³/mol. The second kappa shape index (κ2) is 9.05. The smallest absolute Gasteiger partial charge is 0.274 e. The molecule has 0 bridgehead atoms. The number of anilines is 2. The van der Waals surface area contributed by atoms with Crippen LogP contribution in [0.15, 0.2) is 42.6 Å². The van der Waals surface area contributed by atoms with Crippen molar-refractivity contribution in [1.29, 1.82) is 0 Å². The fraction of sp³-hybridized carbons (Fsp3) is 0.409. The Morgan fingerprint density at radius 2 is 1.66 bits per heavy atom. The molecule has 2 aliphatic rings. The van der Waals surface area contributed by atoms with Gasteiger partial charge in [-0.3, -0.25) is 14.6 Å². The molecule has 1 aromatic heterocycles. The Hall–Kier alpha value is -2.93. The zero-order valence-corrected chi connectivity index (χ0v) is 16.5. The molecule has 29 heavy (non-hydrogen) atoms. The van der Waals surface area contributed by atoms with Gasteiger partial charge in [-0.2, -0.15) is 0 Å². The van der Waals surface area contributed by atoms with E-state index in [1.54, 1.807) is 17.0 Å². The summed E-state index contributed by atoms with van der Waals surface area (Å²) in [4.78, 5) is 33.5. The highest BCUT2D eigenvalue weighted by atomic mass is 16.5. The molecule has 0 atom stereocenters. The van der Waals surface area contributed by atoms with Crippen molar-refractivity contribution in [2.24, 2.45) is 0 Å². The number of piperidine rings is 1. The summed E-state index contributed by atoms with van der Waals surface area (Å²) < 4.78 is 5.29. The van der Waals surface area contributed by atoms with E-state index in [0.717, 1.165) is 13.1 Å². The van der Waals surface area contributed by atoms with Crippen LogP contribution in [0.5, 0.6) is 0 Å². The van der Waals surface area contributed by atoms with Crippen LogP contribution in [0.4, 0.5) is 11.4 Å². The van der Waals surface area contributed by atoms with Gasteiger partial charge >= 0.3 is 0 Å². The number of ether oxygens (including phenoxy) is 1. The summed E-state index contributed by atoms with van der Waals surface area (Å²) in [6.45, 7) is 4.37. The van der Waals surface area contributed by atoms with Crippen LogP contribution >= 0.6 is 0 Å². The van der Waals surface area contributed by atoms with Gasteiger partial charge in [0.1, 0.15) is 5.69 Å². The van der Waals surface area contributed by atoms with Crippen molar-refractivity contribution in [1.82, 2.24) is 9.88 Å². The van der Waals surface area contributed by atoms with Crippen LogP contribution in [0, 0.1) is 0 Å². The molecule has 1 aromatic carbocycles. The first kappa shape index (κ1) is 19.4. The second-order valence-electron chi connectivity index (χ2n) is 7.38. The third-order valence-corrected chi connectivity index (χ3v) is 5.38. The second-order valence-corrected chi connectivity index (χ2v) is 7.38. The molecule has 2 fully saturated rings. The van der Waals surface area contributed by atoms with E-state index in [0.29, 0.717) is 37.6 Å². The van der Waals surface area contributed by atoms with E-state index in [2.05, 4.69) is 15.2 Å². The molecular formula is C22H26N4O3. The number of nitrogens with zero attached hydrogens (tertiary/aromatic N) is 3. The monoisotopic (exact) mass is 394 g/mol. The summed E-state index contributed by atoms with van der Waals surface area (Å²) >= 11 is 0. The average molecular weight is 394 g/mol. The number of amides is 2. The predicted octanol–water partition coefficient (Wildman–Crippen LogP) is 2.80. The average Bonchev–Trinajstić information content (AvgIpc) is 2.80. The number of carbonyl (C=O) groups is 2. The Morgan fingerprint density at radius 1 is 0.931 bits per heavy atom. The first-order chi connectivity index (χ1) is 14.2. The first-order valence-electron chi connectivity index (χ1n) is 10.2. The van der Waals surface area contributed by atoms with Crippen LogP contribution in [0.25, 0.3) is 0 Å². The Kier molecular flexibility index (Phi) is 6.05. The Bertz CT molecular complexity index is 857. The number of hydrogen-bond donors (Lipinski definition) is 1. The minimum atomic E-state index is -0.327. The van der Waals surface area contributed by atoms with Crippen molar-refractivity contribution in [2.75, 3.05) is 49.6 Å². The van der Waals surface area contributed by atoms with Crippen LogP contribution in [0.1, 0.15) is 40.1 Å². The molecule has 2 aliphatic heterocycles. The topological polar surface area (TPSA) is 74.8 Å². The number of benzene rings is 1. The summed E-state index contributed by atoms with van der Waals surface area (Å²) in [6, 6.07) is 11.1. The highest BCUT2D eigenvalue weighted by molar-refractivity contribution is 6.04. The van der Waals surface area contributed by atoms with Crippen LogP contribution < -0.4 is 10.2 Å². The Labute approximate surface area is 170 Å². The first-order valence-corrected chi connectivity index (χ1v) is 10.2. The fourth-order valence-corrected chi connectivity index (χ4v) is 3.74. The largest absolute Gasteiger partial charge is 0.378 e. The molecule has 0 aliphatic carbocycles. The van der Waals surface area contributed by atoms with Crippen LogP contribution in [0.3, 0.4) is 0 Å². The molecule has 7 nitrogen and oxygen atoms in total. The third kappa shape index (κ3) is 4.74. The van der Waals surface area contributed by atoms with E-state index in [1.165, 1.54) is 31.1 Å². The zero-order valence-electron chi connectivity index (χ0n) is 16.5. The molecule has 1 N–H and O–H groups in total. The number of aromatic nitrogens is 1. The molecule has 152 valence electrons. The lowest BCUT2D eigenvalue weighted by atomic mass is 10.1. The SMILES string of the molecule is O=C(Nc1ccc(N2CCCCC2)cc1)c1cc(C(=O)N2CCOCC2)ccn1. The van der Waals surface area contributed by atoms with E-state index >= 15 is 0 Å². The van der Waals surface area contributed by atoms with Gasteiger partial charge in [-0.15, -0.1) is 0 Å². The lowest BCUT2D eigenvalue weighted by Gasteiger charge is -2.28. The van der Waals surface area contributed by atoms with Crippen LogP contribution in [-0.4, -0.2) is 61.1 Å². The number of carbonyl (C=O) groups excluding carboxylic acids is 2. The molecule has 0 spiro atoms. The number of rotatable bonds is 4. The number of hydrogen-bond acceptors (Lipinski definition) is 5. The van der Waals surface area contributed by atoms with Crippen molar-refractivity contribution in [2.45, 2.75) is 19.3 Å². The molecular weight excluding hydrogens is 368 g/mol. The highest BCUT2D eigenvalue weighted by Crippen LogP contribution is 2.22. The third-order valence-electron chi connectivity index (χ3n) is 5.38. The quantitative estimate of drug-likeness (QED) is 0.863. The lowest BCUT2D eigenvalue weighted by molar-refractivity contribution is 0.0303. The number of morpholine rings is 1. The van der Waals surface area contributed by atoms with Crippen molar-refractivity contribution in [3.05, 3.63) is 53.9 Å². The van der Waals surface area contributed by atoms with Crippen LogP contribution in [-0.2, 0) is 4.74 Å². The minimum absolute atomic E-state index is 0.101. The molecule has 0 radical (unpaired) electrons. The van der Waals surface area contributed by atoms with Gasteiger partial charge in [0, 0.05) is 49.3 Å². The molecule has 2 saturated heterocycles. The van der Waals surface area contributed by atoms with Crippen molar-refractivity contribution < 1.29 is 14.3 Å². The number of nitrogens with one attached hydrogen (secondary N) is 1. The maximum atomic E-state index is 12.6. The van der Waals surface area contributed by atoms with E-state index in [-0.39, 0.29) is 17.5 Å². The van der Waals surface area contributed by atoms with Gasteiger partial charge in [0.05, 0.1) is 13.2 Å². The molecule has 0 saturated carbocycles. The molecule has 7 heteroatoms. The summed E-state index contributed by atoms with van der Waals surface area (Å²) in [5, 5.41) is 2.87. The van der Waals surface area contributed by atoms with Crippen molar-refractivity contribution in [3.8, 4) is 0 Å².